The molecule has 1 saturated heterocycles. The van der Waals surface area contributed by atoms with Crippen LogP contribution in [-0.2, 0) is 4.79 Å². The van der Waals surface area contributed by atoms with Crippen LogP contribution in [0.15, 0.2) is 35.9 Å². The number of hydrogen-bond acceptors (Lipinski definition) is 3. The van der Waals surface area contributed by atoms with Crippen LogP contribution in [0, 0.1) is 0 Å². The Hall–Kier alpha value is -1.97. The lowest BCUT2D eigenvalue weighted by Gasteiger charge is -2.30. The van der Waals surface area contributed by atoms with Gasteiger partial charge in [0.1, 0.15) is 5.75 Å². The van der Waals surface area contributed by atoms with Crippen molar-refractivity contribution in [3.8, 4) is 5.75 Å². The summed E-state index contributed by atoms with van der Waals surface area (Å²) in [5.74, 6) is 0.00474. The maximum atomic E-state index is 10.6. The Morgan fingerprint density at radius 3 is 2.39 bits per heavy atom. The number of ether oxygens (including phenoxy) is 1. The quantitative estimate of drug-likeness (QED) is 0.833. The Bertz CT molecular complexity index is 441. The molecule has 2 rings (SSSR count). The van der Waals surface area contributed by atoms with Gasteiger partial charge in [-0.15, -0.1) is 0 Å². The highest BCUT2D eigenvalue weighted by molar-refractivity contribution is 5.80. The number of rotatable bonds is 3. The van der Waals surface area contributed by atoms with Crippen molar-refractivity contribution >= 4 is 11.7 Å². The Balaban J connectivity index is 1.98. The van der Waals surface area contributed by atoms with E-state index in [1.807, 2.05) is 24.3 Å². The van der Waals surface area contributed by atoms with E-state index < -0.39 is 5.97 Å². The molecule has 0 spiro atoms. The van der Waals surface area contributed by atoms with E-state index in [9.17, 15) is 4.79 Å². The van der Waals surface area contributed by atoms with Gasteiger partial charge in [0.05, 0.1) is 7.11 Å². The molecule has 0 bridgehead atoms. The van der Waals surface area contributed by atoms with Gasteiger partial charge in [0.15, 0.2) is 0 Å². The number of benzene rings is 1. The van der Waals surface area contributed by atoms with Crippen LogP contribution < -0.4 is 9.64 Å². The van der Waals surface area contributed by atoms with Crippen molar-refractivity contribution in [2.24, 2.45) is 0 Å². The highest BCUT2D eigenvalue weighted by Gasteiger charge is 2.14. The van der Waals surface area contributed by atoms with Crippen LogP contribution in [0.25, 0.3) is 0 Å². The van der Waals surface area contributed by atoms with E-state index in [2.05, 4.69) is 4.90 Å². The lowest BCUT2D eigenvalue weighted by molar-refractivity contribution is -0.131. The molecule has 18 heavy (non-hydrogen) atoms. The van der Waals surface area contributed by atoms with Crippen LogP contribution in [0.4, 0.5) is 5.69 Å². The fourth-order valence-electron chi connectivity index (χ4n) is 2.16. The predicted molar refractivity (Wildman–Crippen MR) is 70.2 cm³/mol. The summed E-state index contributed by atoms with van der Waals surface area (Å²) < 4.78 is 5.12. The SMILES string of the molecule is COc1ccc(N2CCC(=CC(=O)O)CC2)cc1. The van der Waals surface area contributed by atoms with Crippen LogP contribution in [0.5, 0.6) is 5.75 Å². The largest absolute Gasteiger partial charge is 0.497 e. The van der Waals surface area contributed by atoms with Gasteiger partial charge in [-0.05, 0) is 37.1 Å². The third-order valence-corrected chi connectivity index (χ3v) is 3.17. The number of carboxylic acids is 1. The van der Waals surface area contributed by atoms with Crippen molar-refractivity contribution in [2.45, 2.75) is 12.8 Å². The first kappa shape index (κ1) is 12.5. The van der Waals surface area contributed by atoms with Crippen LogP contribution in [0.2, 0.25) is 0 Å². The van der Waals surface area contributed by atoms with Crippen LogP contribution in [0.3, 0.4) is 0 Å². The average Bonchev–Trinajstić information content (AvgIpc) is 2.39. The summed E-state index contributed by atoms with van der Waals surface area (Å²) >= 11 is 0. The summed E-state index contributed by atoms with van der Waals surface area (Å²) in [6.07, 6.45) is 2.97. The first-order valence-electron chi connectivity index (χ1n) is 6.00. The maximum absolute atomic E-state index is 10.6. The third-order valence-electron chi connectivity index (χ3n) is 3.17. The fourth-order valence-corrected chi connectivity index (χ4v) is 2.16. The fraction of sp³-hybridized carbons (Fsp3) is 0.357. The smallest absolute Gasteiger partial charge is 0.328 e. The van der Waals surface area contributed by atoms with Crippen LogP contribution >= 0.6 is 0 Å². The van der Waals surface area contributed by atoms with Gasteiger partial charge >= 0.3 is 5.97 Å². The standard InChI is InChI=1S/C14H17NO3/c1-18-13-4-2-12(3-5-13)15-8-6-11(7-9-15)10-14(16)17/h2-5,10H,6-9H2,1H3,(H,16,17). The lowest BCUT2D eigenvalue weighted by Crippen LogP contribution is -2.30. The third kappa shape index (κ3) is 3.03. The van der Waals surface area contributed by atoms with E-state index in [0.717, 1.165) is 42.9 Å². The van der Waals surface area contributed by atoms with E-state index in [0.29, 0.717) is 0 Å². The number of piperidine rings is 1. The zero-order valence-electron chi connectivity index (χ0n) is 10.4. The summed E-state index contributed by atoms with van der Waals surface area (Å²) in [5.41, 5.74) is 2.18. The van der Waals surface area contributed by atoms with Gasteiger partial charge in [-0.2, -0.15) is 0 Å². The van der Waals surface area contributed by atoms with E-state index in [1.54, 1.807) is 7.11 Å². The number of methoxy groups -OCH3 is 1. The Kier molecular flexibility index (Phi) is 3.87. The highest BCUT2D eigenvalue weighted by atomic mass is 16.5. The second kappa shape index (κ2) is 5.58. The Morgan fingerprint density at radius 2 is 1.89 bits per heavy atom. The van der Waals surface area contributed by atoms with Crippen molar-refractivity contribution < 1.29 is 14.6 Å². The van der Waals surface area contributed by atoms with Crippen LogP contribution in [0.1, 0.15) is 12.8 Å². The molecule has 0 unspecified atom stereocenters. The van der Waals surface area contributed by atoms with E-state index in [4.69, 9.17) is 9.84 Å². The molecule has 1 aromatic rings. The van der Waals surface area contributed by atoms with E-state index in [1.165, 1.54) is 6.08 Å². The molecule has 0 aliphatic carbocycles. The van der Waals surface area contributed by atoms with Crippen molar-refractivity contribution in [3.05, 3.63) is 35.9 Å². The van der Waals surface area contributed by atoms with Gasteiger partial charge in [-0.1, -0.05) is 5.57 Å². The van der Waals surface area contributed by atoms with Gasteiger partial charge in [0, 0.05) is 24.9 Å². The van der Waals surface area contributed by atoms with Crippen molar-refractivity contribution in [1.82, 2.24) is 0 Å². The average molecular weight is 247 g/mol. The van der Waals surface area contributed by atoms with Crippen molar-refractivity contribution in [1.29, 1.82) is 0 Å². The van der Waals surface area contributed by atoms with Crippen molar-refractivity contribution in [3.63, 3.8) is 0 Å². The predicted octanol–water partition coefficient (Wildman–Crippen LogP) is 2.31. The number of nitrogens with zero attached hydrogens (tertiary/aromatic N) is 1. The molecular formula is C14H17NO3. The molecule has 0 radical (unpaired) electrons. The maximum Gasteiger partial charge on any atom is 0.328 e. The van der Waals surface area contributed by atoms with Gasteiger partial charge < -0.3 is 14.7 Å². The van der Waals surface area contributed by atoms with Gasteiger partial charge in [0.2, 0.25) is 0 Å². The van der Waals surface area contributed by atoms with E-state index >= 15 is 0 Å². The lowest BCUT2D eigenvalue weighted by atomic mass is 10.0. The Labute approximate surface area is 106 Å². The molecule has 1 aliphatic rings. The summed E-state index contributed by atoms with van der Waals surface area (Å²) in [5, 5.41) is 8.70. The minimum atomic E-state index is -0.845. The topological polar surface area (TPSA) is 49.8 Å². The molecule has 0 aromatic heterocycles. The summed E-state index contributed by atoms with van der Waals surface area (Å²) in [6, 6.07) is 7.95. The van der Waals surface area contributed by atoms with Gasteiger partial charge in [0.25, 0.3) is 0 Å². The molecule has 4 nitrogen and oxygen atoms in total. The summed E-state index contributed by atoms with van der Waals surface area (Å²) in [6.45, 7) is 1.73. The monoisotopic (exact) mass is 247 g/mol. The molecule has 0 amide bonds. The molecular weight excluding hydrogens is 230 g/mol. The normalized spacial score (nSPS) is 15.4. The number of carboxylic acid groups (broad SMARTS) is 1. The number of hydrogen-bond donors (Lipinski definition) is 1. The second-order valence-electron chi connectivity index (χ2n) is 4.33. The van der Waals surface area contributed by atoms with Gasteiger partial charge in [-0.25, -0.2) is 4.79 Å². The minimum absolute atomic E-state index is 0.818. The number of aliphatic carboxylic acids is 1. The molecule has 96 valence electrons. The molecule has 4 heteroatoms. The highest BCUT2D eigenvalue weighted by Crippen LogP contribution is 2.24. The zero-order valence-corrected chi connectivity index (χ0v) is 10.4. The minimum Gasteiger partial charge on any atom is -0.497 e. The first-order valence-corrected chi connectivity index (χ1v) is 6.00. The van der Waals surface area contributed by atoms with Crippen LogP contribution in [-0.4, -0.2) is 31.3 Å². The molecule has 1 N–H and O–H groups in total. The first-order chi connectivity index (χ1) is 8.69. The second-order valence-corrected chi connectivity index (χ2v) is 4.33. The number of carbonyl (C=O) groups is 1. The molecule has 0 saturated carbocycles. The number of anilines is 1. The van der Waals surface area contributed by atoms with Gasteiger partial charge in [-0.3, -0.25) is 0 Å². The molecule has 1 heterocycles. The molecule has 1 aliphatic heterocycles. The summed E-state index contributed by atoms with van der Waals surface area (Å²) in [7, 11) is 1.65. The zero-order chi connectivity index (χ0) is 13.0. The molecule has 0 atom stereocenters. The van der Waals surface area contributed by atoms with Crippen molar-refractivity contribution in [2.75, 3.05) is 25.1 Å². The van der Waals surface area contributed by atoms with E-state index in [-0.39, 0.29) is 0 Å². The Morgan fingerprint density at radius 1 is 1.28 bits per heavy atom. The molecule has 1 aromatic carbocycles. The summed E-state index contributed by atoms with van der Waals surface area (Å²) in [4.78, 5) is 12.8. The molecule has 1 fully saturated rings.